The Morgan fingerprint density at radius 3 is 2.32 bits per heavy atom. The lowest BCUT2D eigenvalue weighted by atomic mass is 9.97. The fraction of sp³-hybridized carbons (Fsp3) is 0.179. The standard InChI is InChI=1S/C28H25N5O4S/c34-26(22-17-29-23-6-2-1-5-21(22)23)28(35)30-19-9-11-20(12-10-19)38(36,37)33-15-13-18(14-16-33)27-31-24-7-3-4-8-25(24)32-27/h1-12,17-18,29H,13-16H2,(H,30,35)(H,31,32). The van der Waals surface area contributed by atoms with E-state index in [1.54, 1.807) is 12.1 Å². The second-order valence-corrected chi connectivity index (χ2v) is 11.3. The minimum atomic E-state index is -3.69. The summed E-state index contributed by atoms with van der Waals surface area (Å²) in [6, 6.07) is 21.0. The van der Waals surface area contributed by atoms with Gasteiger partial charge in [0, 0.05) is 41.8 Å². The number of aromatic amines is 2. The minimum Gasteiger partial charge on any atom is -0.360 e. The Morgan fingerprint density at radius 2 is 1.58 bits per heavy atom. The summed E-state index contributed by atoms with van der Waals surface area (Å²) in [5.41, 5.74) is 3.27. The van der Waals surface area contributed by atoms with Crippen LogP contribution < -0.4 is 5.32 Å². The molecule has 0 saturated carbocycles. The summed E-state index contributed by atoms with van der Waals surface area (Å²) >= 11 is 0. The second kappa shape index (κ2) is 9.55. The summed E-state index contributed by atoms with van der Waals surface area (Å²) in [6.45, 7) is 0.781. The van der Waals surface area contributed by atoms with Crippen LogP contribution in [-0.2, 0) is 14.8 Å². The van der Waals surface area contributed by atoms with Gasteiger partial charge in [-0.1, -0.05) is 30.3 Å². The molecule has 38 heavy (non-hydrogen) atoms. The molecule has 3 N–H and O–H groups in total. The number of imidazole rings is 1. The van der Waals surface area contributed by atoms with Crippen LogP contribution in [0.2, 0.25) is 0 Å². The van der Waals surface area contributed by atoms with Gasteiger partial charge < -0.3 is 15.3 Å². The molecule has 0 bridgehead atoms. The molecule has 0 aliphatic carbocycles. The van der Waals surface area contributed by atoms with Crippen molar-refractivity contribution in [3.8, 4) is 0 Å². The average molecular weight is 528 g/mol. The van der Waals surface area contributed by atoms with Gasteiger partial charge in [0.2, 0.25) is 10.0 Å². The molecular weight excluding hydrogens is 502 g/mol. The Kier molecular flexibility index (Phi) is 6.05. The number of piperidine rings is 1. The van der Waals surface area contributed by atoms with Crippen molar-refractivity contribution in [3.05, 3.63) is 90.4 Å². The van der Waals surface area contributed by atoms with Gasteiger partial charge in [-0.25, -0.2) is 13.4 Å². The van der Waals surface area contributed by atoms with Crippen LogP contribution in [0.25, 0.3) is 21.9 Å². The number of amides is 1. The number of rotatable bonds is 6. The lowest BCUT2D eigenvalue weighted by Crippen LogP contribution is -2.38. The number of benzene rings is 3. The lowest BCUT2D eigenvalue weighted by molar-refractivity contribution is -0.112. The van der Waals surface area contributed by atoms with E-state index in [1.165, 1.54) is 34.8 Å². The number of fused-ring (bicyclic) bond motifs is 2. The Morgan fingerprint density at radius 1 is 0.895 bits per heavy atom. The van der Waals surface area contributed by atoms with Crippen molar-refractivity contribution >= 4 is 49.3 Å². The summed E-state index contributed by atoms with van der Waals surface area (Å²) in [4.78, 5) is 36.4. The van der Waals surface area contributed by atoms with Crippen LogP contribution in [0.3, 0.4) is 0 Å². The molecule has 192 valence electrons. The number of carbonyl (C=O) groups is 2. The largest absolute Gasteiger partial charge is 0.360 e. The Bertz CT molecular complexity index is 1730. The van der Waals surface area contributed by atoms with Gasteiger partial charge >= 0.3 is 0 Å². The number of nitrogens with one attached hydrogen (secondary N) is 3. The summed E-state index contributed by atoms with van der Waals surface area (Å²) in [7, 11) is -3.69. The highest BCUT2D eigenvalue weighted by molar-refractivity contribution is 7.89. The number of nitrogens with zero attached hydrogens (tertiary/aromatic N) is 2. The van der Waals surface area contributed by atoms with Crippen LogP contribution in [0.4, 0.5) is 5.69 Å². The molecule has 2 aromatic heterocycles. The van der Waals surface area contributed by atoms with Gasteiger partial charge in [0.25, 0.3) is 11.7 Å². The molecule has 3 aromatic carbocycles. The van der Waals surface area contributed by atoms with Crippen molar-refractivity contribution in [3.63, 3.8) is 0 Å². The van der Waals surface area contributed by atoms with Crippen molar-refractivity contribution in [2.45, 2.75) is 23.7 Å². The summed E-state index contributed by atoms with van der Waals surface area (Å²) in [5.74, 6) is -0.406. The third kappa shape index (κ3) is 4.37. The van der Waals surface area contributed by atoms with E-state index in [1.807, 2.05) is 36.4 Å². The molecular formula is C28H25N5O4S. The van der Waals surface area contributed by atoms with Gasteiger partial charge in [-0.15, -0.1) is 0 Å². The predicted molar refractivity (Wildman–Crippen MR) is 145 cm³/mol. The number of carbonyl (C=O) groups excluding carboxylic acids is 2. The SMILES string of the molecule is O=C(Nc1ccc(S(=O)(=O)N2CCC(c3nc4ccccc4[nH]3)CC2)cc1)C(=O)c1c[nH]c2ccccc12. The van der Waals surface area contributed by atoms with E-state index in [9.17, 15) is 18.0 Å². The first-order valence-corrected chi connectivity index (χ1v) is 13.8. The van der Waals surface area contributed by atoms with E-state index in [0.717, 1.165) is 22.4 Å². The molecule has 1 aliphatic heterocycles. The minimum absolute atomic E-state index is 0.139. The van der Waals surface area contributed by atoms with Crippen molar-refractivity contribution in [1.29, 1.82) is 0 Å². The van der Waals surface area contributed by atoms with E-state index in [4.69, 9.17) is 0 Å². The topological polar surface area (TPSA) is 128 Å². The molecule has 0 radical (unpaired) electrons. The first-order chi connectivity index (χ1) is 18.4. The fourth-order valence-electron chi connectivity index (χ4n) is 4.96. The molecule has 1 fully saturated rings. The monoisotopic (exact) mass is 527 g/mol. The number of aromatic nitrogens is 3. The highest BCUT2D eigenvalue weighted by Crippen LogP contribution is 2.31. The smallest absolute Gasteiger partial charge is 0.296 e. The predicted octanol–water partition coefficient (Wildman–Crippen LogP) is 4.43. The highest BCUT2D eigenvalue weighted by Gasteiger charge is 2.31. The Balaban J connectivity index is 1.10. The van der Waals surface area contributed by atoms with Crippen LogP contribution in [0, 0.1) is 0 Å². The maximum absolute atomic E-state index is 13.3. The molecule has 6 rings (SSSR count). The molecule has 1 aliphatic rings. The van der Waals surface area contributed by atoms with Gasteiger partial charge in [-0.2, -0.15) is 4.31 Å². The fourth-order valence-corrected chi connectivity index (χ4v) is 6.43. The van der Waals surface area contributed by atoms with Crippen LogP contribution in [-0.4, -0.2) is 52.5 Å². The van der Waals surface area contributed by atoms with E-state index in [2.05, 4.69) is 20.3 Å². The van der Waals surface area contributed by atoms with Crippen LogP contribution in [0.1, 0.15) is 34.9 Å². The van der Waals surface area contributed by atoms with Crippen LogP contribution >= 0.6 is 0 Å². The quantitative estimate of drug-likeness (QED) is 0.222. The number of hydrogen-bond donors (Lipinski definition) is 3. The molecule has 3 heterocycles. The summed E-state index contributed by atoms with van der Waals surface area (Å²) < 4.78 is 28.0. The summed E-state index contributed by atoms with van der Waals surface area (Å²) in [5, 5.41) is 3.23. The molecule has 1 saturated heterocycles. The normalized spacial score (nSPS) is 15.2. The molecule has 0 unspecified atom stereocenters. The molecule has 9 nitrogen and oxygen atoms in total. The average Bonchev–Trinajstić information content (AvgIpc) is 3.58. The summed E-state index contributed by atoms with van der Waals surface area (Å²) in [6.07, 6.45) is 2.85. The van der Waals surface area contributed by atoms with Gasteiger partial charge in [0.1, 0.15) is 5.82 Å². The van der Waals surface area contributed by atoms with Crippen LogP contribution in [0.5, 0.6) is 0 Å². The third-order valence-electron chi connectivity index (χ3n) is 7.04. The zero-order valence-corrected chi connectivity index (χ0v) is 21.2. The number of anilines is 1. The van der Waals surface area contributed by atoms with E-state index < -0.39 is 21.7 Å². The lowest BCUT2D eigenvalue weighted by Gasteiger charge is -2.30. The molecule has 0 atom stereocenters. The molecule has 0 spiro atoms. The number of Topliss-reactive ketones (excluding diaryl/α,β-unsaturated/α-hetero) is 1. The Labute approximate surface area is 218 Å². The maximum atomic E-state index is 13.3. The van der Waals surface area contributed by atoms with E-state index in [0.29, 0.717) is 37.0 Å². The Hall–Kier alpha value is -4.28. The molecule has 1 amide bonds. The van der Waals surface area contributed by atoms with Crippen molar-refractivity contribution in [1.82, 2.24) is 19.3 Å². The number of hydrogen-bond acceptors (Lipinski definition) is 5. The van der Waals surface area contributed by atoms with Crippen molar-refractivity contribution in [2.24, 2.45) is 0 Å². The second-order valence-electron chi connectivity index (χ2n) is 9.37. The zero-order valence-electron chi connectivity index (χ0n) is 20.3. The van der Waals surface area contributed by atoms with Gasteiger partial charge in [0.05, 0.1) is 21.5 Å². The number of para-hydroxylation sites is 3. The maximum Gasteiger partial charge on any atom is 0.296 e. The van der Waals surface area contributed by atoms with Crippen LogP contribution in [0.15, 0.2) is 83.9 Å². The van der Waals surface area contributed by atoms with E-state index >= 15 is 0 Å². The number of H-pyrrole nitrogens is 2. The number of ketones is 1. The van der Waals surface area contributed by atoms with E-state index in [-0.39, 0.29) is 16.4 Å². The van der Waals surface area contributed by atoms with Gasteiger partial charge in [-0.3, -0.25) is 9.59 Å². The highest BCUT2D eigenvalue weighted by atomic mass is 32.2. The van der Waals surface area contributed by atoms with Gasteiger partial charge in [0.15, 0.2) is 0 Å². The van der Waals surface area contributed by atoms with Gasteiger partial charge in [-0.05, 0) is 55.3 Å². The molecule has 5 aromatic rings. The molecule has 10 heteroatoms. The first-order valence-electron chi connectivity index (χ1n) is 12.4. The zero-order chi connectivity index (χ0) is 26.3. The van der Waals surface area contributed by atoms with Crippen molar-refractivity contribution in [2.75, 3.05) is 18.4 Å². The first kappa shape index (κ1) is 24.1. The number of sulfonamides is 1. The van der Waals surface area contributed by atoms with Crippen molar-refractivity contribution < 1.29 is 18.0 Å². The third-order valence-corrected chi connectivity index (χ3v) is 8.95.